The first-order valence-electron chi connectivity index (χ1n) is 6.09. The van der Waals surface area contributed by atoms with E-state index in [9.17, 15) is 9.90 Å². The molecule has 16 heavy (non-hydrogen) atoms. The van der Waals surface area contributed by atoms with Gasteiger partial charge in [-0.25, -0.2) is 0 Å². The van der Waals surface area contributed by atoms with Crippen molar-refractivity contribution in [3.8, 4) is 5.88 Å². The van der Waals surface area contributed by atoms with E-state index in [-0.39, 0.29) is 17.4 Å². The zero-order chi connectivity index (χ0) is 11.1. The minimum atomic E-state index is -0.124. The molecule has 0 radical (unpaired) electrons. The highest BCUT2D eigenvalue weighted by molar-refractivity contribution is 5.28. The molecule has 0 unspecified atom stereocenters. The molecule has 2 fully saturated rings. The van der Waals surface area contributed by atoms with E-state index in [1.807, 2.05) is 0 Å². The molecule has 1 aromatic rings. The summed E-state index contributed by atoms with van der Waals surface area (Å²) in [7, 11) is 0. The van der Waals surface area contributed by atoms with Gasteiger partial charge in [0.25, 0.3) is 5.56 Å². The van der Waals surface area contributed by atoms with Crippen LogP contribution in [0.5, 0.6) is 5.88 Å². The van der Waals surface area contributed by atoms with Gasteiger partial charge < -0.3 is 10.1 Å². The summed E-state index contributed by atoms with van der Waals surface area (Å²) in [6.45, 7) is 0. The van der Waals surface area contributed by atoms with E-state index < -0.39 is 0 Å². The number of nitrogens with zero attached hydrogens (tertiary/aromatic N) is 1. The Labute approximate surface area is 93.7 Å². The first kappa shape index (κ1) is 9.87. The maximum Gasteiger partial charge on any atom is 0.258 e. The summed E-state index contributed by atoms with van der Waals surface area (Å²) >= 11 is 0. The minimum Gasteiger partial charge on any atom is -0.493 e. The normalized spacial score (nSPS) is 21.5. The molecule has 0 atom stereocenters. The summed E-state index contributed by atoms with van der Waals surface area (Å²) in [6.07, 6.45) is 6.44. The van der Waals surface area contributed by atoms with Gasteiger partial charge in [0.2, 0.25) is 5.88 Å². The third kappa shape index (κ3) is 1.62. The molecule has 3 rings (SSSR count). The lowest BCUT2D eigenvalue weighted by atomic mass is 10.00. The van der Waals surface area contributed by atoms with Gasteiger partial charge in [-0.2, -0.15) is 4.98 Å². The topological polar surface area (TPSA) is 66.0 Å². The second-order valence-electron chi connectivity index (χ2n) is 4.94. The van der Waals surface area contributed by atoms with Crippen LogP contribution in [0.4, 0.5) is 0 Å². The van der Waals surface area contributed by atoms with Gasteiger partial charge in [0, 0.05) is 5.92 Å². The highest BCUT2D eigenvalue weighted by atomic mass is 16.3. The fourth-order valence-corrected chi connectivity index (χ4v) is 2.62. The van der Waals surface area contributed by atoms with Gasteiger partial charge >= 0.3 is 0 Å². The summed E-state index contributed by atoms with van der Waals surface area (Å²) in [5.41, 5.74) is 0.392. The van der Waals surface area contributed by atoms with Gasteiger partial charge in [-0.1, -0.05) is 12.8 Å². The lowest BCUT2D eigenvalue weighted by molar-refractivity contribution is 0.432. The van der Waals surface area contributed by atoms with Crippen molar-refractivity contribution in [1.82, 2.24) is 9.97 Å². The Kier molecular flexibility index (Phi) is 2.23. The molecule has 0 spiro atoms. The van der Waals surface area contributed by atoms with Crippen molar-refractivity contribution < 1.29 is 5.11 Å². The summed E-state index contributed by atoms with van der Waals surface area (Å²) in [6, 6.07) is 0. The molecule has 2 aliphatic rings. The largest absolute Gasteiger partial charge is 0.493 e. The zero-order valence-corrected chi connectivity index (χ0v) is 9.20. The van der Waals surface area contributed by atoms with E-state index in [0.29, 0.717) is 17.3 Å². The van der Waals surface area contributed by atoms with Crippen molar-refractivity contribution in [2.45, 2.75) is 50.4 Å². The number of hydrogen-bond acceptors (Lipinski definition) is 3. The second kappa shape index (κ2) is 3.61. The van der Waals surface area contributed by atoms with E-state index in [0.717, 1.165) is 38.5 Å². The van der Waals surface area contributed by atoms with Crippen molar-refractivity contribution in [3.63, 3.8) is 0 Å². The number of nitrogens with one attached hydrogen (secondary N) is 1. The van der Waals surface area contributed by atoms with Crippen LogP contribution in [-0.2, 0) is 0 Å². The Morgan fingerprint density at radius 3 is 2.38 bits per heavy atom. The Balaban J connectivity index is 2.00. The van der Waals surface area contributed by atoms with E-state index in [4.69, 9.17) is 0 Å². The van der Waals surface area contributed by atoms with Gasteiger partial charge in [-0.3, -0.25) is 4.79 Å². The molecular weight excluding hydrogens is 204 g/mol. The Bertz CT molecular complexity index is 457. The number of rotatable bonds is 2. The second-order valence-corrected chi connectivity index (χ2v) is 4.94. The highest BCUT2D eigenvalue weighted by Gasteiger charge is 2.29. The van der Waals surface area contributed by atoms with Gasteiger partial charge in [0.15, 0.2) is 0 Å². The van der Waals surface area contributed by atoms with Crippen LogP contribution >= 0.6 is 0 Å². The molecule has 0 aromatic carbocycles. The molecule has 4 nitrogen and oxygen atoms in total. The summed E-state index contributed by atoms with van der Waals surface area (Å²) < 4.78 is 0. The quantitative estimate of drug-likeness (QED) is 0.801. The predicted octanol–water partition coefficient (Wildman–Crippen LogP) is 2.01. The minimum absolute atomic E-state index is 0.0300. The lowest BCUT2D eigenvalue weighted by Gasteiger charge is -2.10. The molecule has 0 aliphatic heterocycles. The summed E-state index contributed by atoms with van der Waals surface area (Å²) in [4.78, 5) is 18.9. The van der Waals surface area contributed by atoms with Crippen LogP contribution in [0.2, 0.25) is 0 Å². The van der Waals surface area contributed by atoms with Crippen LogP contribution in [0, 0.1) is 0 Å². The first-order valence-corrected chi connectivity index (χ1v) is 6.09. The number of aromatic hydroxyl groups is 1. The van der Waals surface area contributed by atoms with Crippen molar-refractivity contribution in [2.24, 2.45) is 0 Å². The molecule has 0 bridgehead atoms. The Hall–Kier alpha value is -1.32. The zero-order valence-electron chi connectivity index (χ0n) is 9.20. The molecular formula is C12H16N2O2. The van der Waals surface area contributed by atoms with Crippen molar-refractivity contribution in [1.29, 1.82) is 0 Å². The SMILES string of the molecule is O=c1[nH]c(C2CC2)nc(O)c1C1CCCC1. The van der Waals surface area contributed by atoms with Gasteiger partial charge in [-0.05, 0) is 31.6 Å². The van der Waals surface area contributed by atoms with E-state index in [1.165, 1.54) is 0 Å². The maximum atomic E-state index is 11.9. The maximum absolute atomic E-state index is 11.9. The third-order valence-corrected chi connectivity index (χ3v) is 3.68. The van der Waals surface area contributed by atoms with Crippen LogP contribution < -0.4 is 5.56 Å². The Morgan fingerprint density at radius 2 is 1.81 bits per heavy atom. The lowest BCUT2D eigenvalue weighted by Crippen LogP contribution is -2.18. The molecule has 1 aromatic heterocycles. The van der Waals surface area contributed by atoms with Crippen LogP contribution in [0.3, 0.4) is 0 Å². The molecule has 2 N–H and O–H groups in total. The highest BCUT2D eigenvalue weighted by Crippen LogP contribution is 2.40. The Morgan fingerprint density at radius 1 is 1.12 bits per heavy atom. The van der Waals surface area contributed by atoms with Gasteiger partial charge in [0.1, 0.15) is 5.82 Å². The molecule has 0 saturated heterocycles. The van der Waals surface area contributed by atoms with E-state index in [2.05, 4.69) is 9.97 Å². The number of aromatic amines is 1. The first-order chi connectivity index (χ1) is 7.75. The molecule has 2 aliphatic carbocycles. The van der Waals surface area contributed by atoms with Crippen molar-refractivity contribution >= 4 is 0 Å². The summed E-state index contributed by atoms with van der Waals surface area (Å²) in [5.74, 6) is 1.22. The molecule has 86 valence electrons. The van der Waals surface area contributed by atoms with Gasteiger partial charge in [0.05, 0.1) is 5.56 Å². The smallest absolute Gasteiger partial charge is 0.258 e. The van der Waals surface area contributed by atoms with Crippen LogP contribution in [0.1, 0.15) is 61.7 Å². The average molecular weight is 220 g/mol. The summed E-state index contributed by atoms with van der Waals surface area (Å²) in [5, 5.41) is 9.88. The van der Waals surface area contributed by atoms with E-state index in [1.54, 1.807) is 0 Å². The molecule has 1 heterocycles. The number of H-pyrrole nitrogens is 1. The van der Waals surface area contributed by atoms with Crippen LogP contribution in [-0.4, -0.2) is 15.1 Å². The molecule has 4 heteroatoms. The molecule has 0 amide bonds. The monoisotopic (exact) mass is 220 g/mol. The van der Waals surface area contributed by atoms with Crippen LogP contribution in [0.15, 0.2) is 4.79 Å². The van der Waals surface area contributed by atoms with Crippen LogP contribution in [0.25, 0.3) is 0 Å². The fourth-order valence-electron chi connectivity index (χ4n) is 2.62. The standard InChI is InChI=1S/C12H16N2O2/c15-11-9(7-3-1-2-4-7)12(16)14-10(13-11)8-5-6-8/h7-8H,1-6H2,(H2,13,14,15,16). The van der Waals surface area contributed by atoms with Gasteiger partial charge in [-0.15, -0.1) is 0 Å². The number of hydrogen-bond donors (Lipinski definition) is 2. The van der Waals surface area contributed by atoms with E-state index >= 15 is 0 Å². The fraction of sp³-hybridized carbons (Fsp3) is 0.667. The number of aromatic nitrogens is 2. The third-order valence-electron chi connectivity index (χ3n) is 3.68. The average Bonchev–Trinajstić information content (AvgIpc) is 2.96. The van der Waals surface area contributed by atoms with Crippen molar-refractivity contribution in [3.05, 3.63) is 21.7 Å². The molecule has 2 saturated carbocycles. The predicted molar refractivity (Wildman–Crippen MR) is 59.7 cm³/mol. The van der Waals surface area contributed by atoms with Crippen molar-refractivity contribution in [2.75, 3.05) is 0 Å².